The lowest BCUT2D eigenvalue weighted by molar-refractivity contribution is 0.210. The Morgan fingerprint density at radius 2 is 1.76 bits per heavy atom. The first-order valence-electron chi connectivity index (χ1n) is 12.9. The molecular weight excluding hydrogens is 533 g/mol. The van der Waals surface area contributed by atoms with Gasteiger partial charge in [0.25, 0.3) is 0 Å². The summed E-state index contributed by atoms with van der Waals surface area (Å²) in [5, 5.41) is 8.92. The van der Waals surface area contributed by atoms with Gasteiger partial charge in [-0.2, -0.15) is 0 Å². The molecule has 0 spiro atoms. The number of hydrogen-bond donors (Lipinski definition) is 4. The van der Waals surface area contributed by atoms with Crippen molar-refractivity contribution in [3.8, 4) is 11.1 Å². The Morgan fingerprint density at radius 3 is 2.47 bits per heavy atom. The molecule has 0 amide bonds. The number of nitrogens with one attached hydrogen (secondary N) is 2. The van der Waals surface area contributed by atoms with E-state index in [0.29, 0.717) is 16.0 Å². The molecule has 1 saturated heterocycles. The topological polar surface area (TPSA) is 91.2 Å². The van der Waals surface area contributed by atoms with Gasteiger partial charge in [0.1, 0.15) is 5.84 Å². The van der Waals surface area contributed by atoms with E-state index in [-0.39, 0.29) is 11.9 Å². The standard InChI is InChI=1S/C30H35Cl2N5S/c1-20(37-14-11-21(10-13-33)12-15-37)29(17-22-4-2-6-25(16-22)30(34)35)36-38-26-7-3-5-23(18-26)24-8-9-27(31)28(32)19-24/h2-9,16,18-19,21,29,36H,1,10-15,17,33H2,(H3,34,35)/t29-/m0/s1. The van der Waals surface area contributed by atoms with E-state index >= 15 is 0 Å². The second-order valence-corrected chi connectivity index (χ2v) is 11.5. The highest BCUT2D eigenvalue weighted by molar-refractivity contribution is 7.97. The molecule has 0 bridgehead atoms. The van der Waals surface area contributed by atoms with Crippen LogP contribution in [-0.4, -0.2) is 36.4 Å². The van der Waals surface area contributed by atoms with Crippen molar-refractivity contribution in [3.63, 3.8) is 0 Å². The Hall–Kier alpha value is -2.48. The molecule has 200 valence electrons. The van der Waals surface area contributed by atoms with Gasteiger partial charge in [-0.15, -0.1) is 0 Å². The zero-order chi connectivity index (χ0) is 27.1. The minimum absolute atomic E-state index is 0.00176. The molecule has 1 atom stereocenters. The van der Waals surface area contributed by atoms with E-state index in [9.17, 15) is 0 Å². The van der Waals surface area contributed by atoms with Gasteiger partial charge in [0, 0.05) is 29.2 Å². The molecule has 1 heterocycles. The van der Waals surface area contributed by atoms with E-state index < -0.39 is 0 Å². The van der Waals surface area contributed by atoms with Crippen LogP contribution >= 0.6 is 35.1 Å². The molecule has 4 rings (SSSR count). The van der Waals surface area contributed by atoms with Crippen molar-refractivity contribution in [2.75, 3.05) is 19.6 Å². The normalized spacial score (nSPS) is 14.9. The second-order valence-electron chi connectivity index (χ2n) is 9.75. The zero-order valence-corrected chi connectivity index (χ0v) is 23.8. The quantitative estimate of drug-likeness (QED) is 0.117. The number of hydrogen-bond acceptors (Lipinski definition) is 5. The average Bonchev–Trinajstić information content (AvgIpc) is 2.93. The van der Waals surface area contributed by atoms with Crippen molar-refractivity contribution < 1.29 is 0 Å². The fraction of sp³-hybridized carbons (Fsp3) is 0.300. The third kappa shape index (κ3) is 7.55. The van der Waals surface area contributed by atoms with E-state index in [4.69, 9.17) is 40.1 Å². The number of amidine groups is 1. The highest BCUT2D eigenvalue weighted by Gasteiger charge is 2.24. The molecule has 0 radical (unpaired) electrons. The third-order valence-electron chi connectivity index (χ3n) is 7.08. The van der Waals surface area contributed by atoms with Crippen LogP contribution in [0.15, 0.2) is 83.9 Å². The van der Waals surface area contributed by atoms with Crippen molar-refractivity contribution in [2.45, 2.75) is 36.6 Å². The largest absolute Gasteiger partial charge is 0.384 e. The fourth-order valence-electron chi connectivity index (χ4n) is 4.85. The van der Waals surface area contributed by atoms with Crippen LogP contribution in [0.1, 0.15) is 30.4 Å². The number of likely N-dealkylation sites (tertiary alicyclic amines) is 1. The molecule has 5 nitrogen and oxygen atoms in total. The van der Waals surface area contributed by atoms with Crippen LogP contribution in [0.2, 0.25) is 10.0 Å². The van der Waals surface area contributed by atoms with Crippen molar-refractivity contribution in [2.24, 2.45) is 17.4 Å². The predicted octanol–water partition coefficient (Wildman–Crippen LogP) is 6.73. The monoisotopic (exact) mass is 567 g/mol. The van der Waals surface area contributed by atoms with Crippen LogP contribution in [0.25, 0.3) is 11.1 Å². The fourth-order valence-corrected chi connectivity index (χ4v) is 5.98. The van der Waals surface area contributed by atoms with Gasteiger partial charge in [-0.05, 0) is 97.1 Å². The number of piperidine rings is 1. The first-order valence-corrected chi connectivity index (χ1v) is 14.5. The lowest BCUT2D eigenvalue weighted by Gasteiger charge is -2.37. The molecule has 6 N–H and O–H groups in total. The van der Waals surface area contributed by atoms with Crippen molar-refractivity contribution >= 4 is 41.0 Å². The van der Waals surface area contributed by atoms with Crippen LogP contribution < -0.4 is 16.2 Å². The summed E-state index contributed by atoms with van der Waals surface area (Å²) in [5.41, 5.74) is 16.6. The Kier molecular flexibility index (Phi) is 10.2. The summed E-state index contributed by atoms with van der Waals surface area (Å²) in [5.74, 6) is 0.770. The molecule has 3 aromatic carbocycles. The van der Waals surface area contributed by atoms with Gasteiger partial charge in [-0.3, -0.25) is 10.1 Å². The molecule has 8 heteroatoms. The minimum Gasteiger partial charge on any atom is -0.384 e. The van der Waals surface area contributed by atoms with Gasteiger partial charge in [0.2, 0.25) is 0 Å². The van der Waals surface area contributed by atoms with E-state index in [1.165, 1.54) is 0 Å². The maximum absolute atomic E-state index is 7.83. The van der Waals surface area contributed by atoms with E-state index in [0.717, 1.165) is 78.2 Å². The summed E-state index contributed by atoms with van der Waals surface area (Å²) in [7, 11) is 0. The molecular formula is C30H35Cl2N5S. The van der Waals surface area contributed by atoms with Gasteiger partial charge < -0.3 is 16.4 Å². The van der Waals surface area contributed by atoms with Crippen molar-refractivity contribution in [1.29, 1.82) is 5.41 Å². The first-order chi connectivity index (χ1) is 18.3. The van der Waals surface area contributed by atoms with Crippen LogP contribution in [-0.2, 0) is 6.42 Å². The Bertz CT molecular complexity index is 1270. The number of nitrogens with zero attached hydrogens (tertiary/aromatic N) is 1. The number of rotatable bonds is 11. The van der Waals surface area contributed by atoms with Gasteiger partial charge in [-0.1, -0.05) is 66.2 Å². The summed E-state index contributed by atoms with van der Waals surface area (Å²) in [6.45, 7) is 7.27. The smallest absolute Gasteiger partial charge is 0.122 e. The molecule has 1 aliphatic rings. The molecule has 0 saturated carbocycles. The maximum Gasteiger partial charge on any atom is 0.122 e. The van der Waals surface area contributed by atoms with Crippen LogP contribution in [0.3, 0.4) is 0 Å². The second kappa shape index (κ2) is 13.5. The summed E-state index contributed by atoms with van der Waals surface area (Å²) >= 11 is 14.0. The zero-order valence-electron chi connectivity index (χ0n) is 21.4. The van der Waals surface area contributed by atoms with Crippen LogP contribution in [0, 0.1) is 11.3 Å². The van der Waals surface area contributed by atoms with Crippen LogP contribution in [0.4, 0.5) is 0 Å². The van der Waals surface area contributed by atoms with E-state index in [2.05, 4.69) is 40.5 Å². The van der Waals surface area contributed by atoms with Gasteiger partial charge in [0.05, 0.1) is 16.1 Å². The van der Waals surface area contributed by atoms with E-state index in [1.54, 1.807) is 11.9 Å². The predicted molar refractivity (Wildman–Crippen MR) is 163 cm³/mol. The summed E-state index contributed by atoms with van der Waals surface area (Å²) < 4.78 is 3.69. The number of halogens is 2. The Balaban J connectivity index is 1.51. The summed E-state index contributed by atoms with van der Waals surface area (Å²) in [4.78, 5) is 3.50. The van der Waals surface area contributed by atoms with E-state index in [1.807, 2.05) is 42.5 Å². The third-order valence-corrected chi connectivity index (χ3v) is 8.71. The van der Waals surface area contributed by atoms with Crippen molar-refractivity contribution in [3.05, 3.63) is 100 Å². The first kappa shape index (κ1) is 28.5. The lowest BCUT2D eigenvalue weighted by Crippen LogP contribution is -2.41. The Labute approximate surface area is 240 Å². The number of benzene rings is 3. The SMILES string of the molecule is C=C([C@H](Cc1cccc(C(=N)N)c1)NSc1cccc(-c2ccc(Cl)c(Cl)c2)c1)N1CCC(CCN)CC1. The summed E-state index contributed by atoms with van der Waals surface area (Å²) in [6, 6.07) is 21.9. The molecule has 0 unspecified atom stereocenters. The van der Waals surface area contributed by atoms with Gasteiger partial charge >= 0.3 is 0 Å². The molecule has 0 aromatic heterocycles. The molecule has 3 aromatic rings. The number of nitrogens with two attached hydrogens (primary N) is 2. The molecule has 0 aliphatic carbocycles. The highest BCUT2D eigenvalue weighted by atomic mass is 35.5. The molecule has 1 aliphatic heterocycles. The van der Waals surface area contributed by atoms with Crippen molar-refractivity contribution in [1.82, 2.24) is 9.62 Å². The average molecular weight is 569 g/mol. The highest BCUT2D eigenvalue weighted by Crippen LogP contribution is 2.31. The lowest BCUT2D eigenvalue weighted by atomic mass is 9.92. The molecule has 38 heavy (non-hydrogen) atoms. The maximum atomic E-state index is 7.83. The Morgan fingerprint density at radius 1 is 1.03 bits per heavy atom. The molecule has 1 fully saturated rings. The van der Waals surface area contributed by atoms with Gasteiger partial charge in [-0.25, -0.2) is 0 Å². The van der Waals surface area contributed by atoms with Gasteiger partial charge in [0.15, 0.2) is 0 Å². The minimum atomic E-state index is 0.00176. The summed E-state index contributed by atoms with van der Waals surface area (Å²) in [6.07, 6.45) is 4.11. The van der Waals surface area contributed by atoms with Crippen LogP contribution in [0.5, 0.6) is 0 Å². The number of nitrogen functional groups attached to an aromatic ring is 1.